The first kappa shape index (κ1) is 15.4. The average Bonchev–Trinajstić information content (AvgIpc) is 2.46. The fourth-order valence-electron chi connectivity index (χ4n) is 2.68. The Labute approximate surface area is 127 Å². The zero-order valence-electron chi connectivity index (χ0n) is 11.6. The van der Waals surface area contributed by atoms with Crippen LogP contribution in [0, 0.1) is 11.8 Å². The number of hydrogen-bond acceptors (Lipinski definition) is 3. The van der Waals surface area contributed by atoms with Crippen molar-refractivity contribution in [2.75, 3.05) is 0 Å². The molecule has 110 valence electrons. The molecule has 5 heteroatoms. The molecule has 1 heterocycles. The molecule has 0 saturated heterocycles. The number of ether oxygens (including phenoxy) is 1. The van der Waals surface area contributed by atoms with E-state index in [1.54, 1.807) is 6.20 Å². The maximum absolute atomic E-state index is 10.9. The minimum absolute atomic E-state index is 0.148. The Hall–Kier alpha value is -0.940. The minimum Gasteiger partial charge on any atom is -0.481 e. The second-order valence-electron chi connectivity index (χ2n) is 5.43. The van der Waals surface area contributed by atoms with Crippen LogP contribution in [0.25, 0.3) is 0 Å². The molecule has 0 amide bonds. The van der Waals surface area contributed by atoms with Gasteiger partial charge in [-0.25, -0.2) is 0 Å². The summed E-state index contributed by atoms with van der Waals surface area (Å²) in [6.07, 6.45) is 5.32. The molecule has 0 radical (unpaired) electrons. The van der Waals surface area contributed by atoms with Crippen molar-refractivity contribution in [1.82, 2.24) is 4.98 Å². The van der Waals surface area contributed by atoms with E-state index in [4.69, 9.17) is 9.84 Å². The third-order valence-electron chi connectivity index (χ3n) is 4.07. The van der Waals surface area contributed by atoms with E-state index in [1.165, 1.54) is 0 Å². The minimum atomic E-state index is -0.656. The van der Waals surface area contributed by atoms with E-state index in [2.05, 4.69) is 27.8 Å². The van der Waals surface area contributed by atoms with Crippen molar-refractivity contribution in [3.63, 3.8) is 0 Å². The number of pyridine rings is 1. The Morgan fingerprint density at radius 3 is 2.70 bits per heavy atom. The zero-order valence-corrected chi connectivity index (χ0v) is 13.2. The molecule has 2 rings (SSSR count). The Balaban J connectivity index is 1.76. The third kappa shape index (κ3) is 4.28. The molecule has 1 aromatic heterocycles. The summed E-state index contributed by atoms with van der Waals surface area (Å²) in [6, 6.07) is 3.90. The smallest absolute Gasteiger partial charge is 0.306 e. The number of aliphatic carboxylic acids is 1. The third-order valence-corrected chi connectivity index (χ3v) is 4.54. The molecule has 1 fully saturated rings. The van der Waals surface area contributed by atoms with E-state index in [-0.39, 0.29) is 12.0 Å². The molecule has 1 atom stereocenters. The van der Waals surface area contributed by atoms with E-state index in [0.29, 0.717) is 12.5 Å². The average molecular weight is 342 g/mol. The van der Waals surface area contributed by atoms with Gasteiger partial charge in [0.15, 0.2) is 0 Å². The number of rotatable bonds is 5. The highest BCUT2D eigenvalue weighted by Crippen LogP contribution is 2.32. The van der Waals surface area contributed by atoms with Crippen LogP contribution in [-0.4, -0.2) is 22.2 Å². The summed E-state index contributed by atoms with van der Waals surface area (Å²) in [5.41, 5.74) is 0.916. The molecular formula is C15H20BrNO3. The molecule has 0 bridgehead atoms. The van der Waals surface area contributed by atoms with Gasteiger partial charge in [-0.1, -0.05) is 0 Å². The van der Waals surface area contributed by atoms with Crippen LogP contribution in [0.15, 0.2) is 22.8 Å². The number of aromatic nitrogens is 1. The number of carbonyl (C=O) groups is 1. The highest BCUT2D eigenvalue weighted by atomic mass is 79.9. The normalized spacial score (nSPS) is 24.3. The number of carboxylic acids is 1. The van der Waals surface area contributed by atoms with Crippen molar-refractivity contribution >= 4 is 21.9 Å². The van der Waals surface area contributed by atoms with Gasteiger partial charge in [0.2, 0.25) is 0 Å². The van der Waals surface area contributed by atoms with E-state index in [9.17, 15) is 4.79 Å². The fraction of sp³-hybridized carbons (Fsp3) is 0.600. The van der Waals surface area contributed by atoms with Crippen molar-refractivity contribution in [2.24, 2.45) is 11.8 Å². The van der Waals surface area contributed by atoms with Gasteiger partial charge in [0, 0.05) is 10.7 Å². The van der Waals surface area contributed by atoms with E-state index < -0.39 is 5.97 Å². The Morgan fingerprint density at radius 1 is 1.45 bits per heavy atom. The standard InChI is InChI=1S/C15H20BrNO3/c1-10(11-2-4-12(5-3-11)15(18)19)20-9-14-7-6-13(16)8-17-14/h6-8,10-12H,2-5,9H2,1H3,(H,18,19). The number of carboxylic acid groups (broad SMARTS) is 1. The largest absolute Gasteiger partial charge is 0.481 e. The molecule has 1 aliphatic carbocycles. The lowest BCUT2D eigenvalue weighted by Gasteiger charge is -2.30. The van der Waals surface area contributed by atoms with Crippen molar-refractivity contribution in [3.05, 3.63) is 28.5 Å². The number of nitrogens with zero attached hydrogens (tertiary/aromatic N) is 1. The number of halogens is 1. The van der Waals surface area contributed by atoms with E-state index >= 15 is 0 Å². The highest BCUT2D eigenvalue weighted by Gasteiger charge is 2.29. The van der Waals surface area contributed by atoms with Crippen LogP contribution in [0.5, 0.6) is 0 Å². The van der Waals surface area contributed by atoms with E-state index in [1.807, 2.05) is 12.1 Å². The second-order valence-corrected chi connectivity index (χ2v) is 6.35. The summed E-state index contributed by atoms with van der Waals surface area (Å²) >= 11 is 3.35. The molecule has 1 aliphatic rings. The second kappa shape index (κ2) is 7.18. The highest BCUT2D eigenvalue weighted by molar-refractivity contribution is 9.10. The zero-order chi connectivity index (χ0) is 14.5. The molecule has 4 nitrogen and oxygen atoms in total. The predicted molar refractivity (Wildman–Crippen MR) is 79.3 cm³/mol. The van der Waals surface area contributed by atoms with Crippen LogP contribution in [0.1, 0.15) is 38.3 Å². The van der Waals surface area contributed by atoms with Crippen LogP contribution < -0.4 is 0 Å². The number of hydrogen-bond donors (Lipinski definition) is 1. The Kier molecular flexibility index (Phi) is 5.54. The van der Waals surface area contributed by atoms with Gasteiger partial charge >= 0.3 is 5.97 Å². The first-order chi connectivity index (χ1) is 9.56. The fourth-order valence-corrected chi connectivity index (χ4v) is 2.91. The van der Waals surface area contributed by atoms with Crippen molar-refractivity contribution in [1.29, 1.82) is 0 Å². The molecule has 1 unspecified atom stereocenters. The van der Waals surface area contributed by atoms with Crippen LogP contribution in [0.3, 0.4) is 0 Å². The molecule has 1 N–H and O–H groups in total. The molecule has 0 aromatic carbocycles. The topological polar surface area (TPSA) is 59.4 Å². The maximum atomic E-state index is 10.9. The first-order valence-corrected chi connectivity index (χ1v) is 7.80. The summed E-state index contributed by atoms with van der Waals surface area (Å²) in [5, 5.41) is 8.99. The lowest BCUT2D eigenvalue weighted by atomic mass is 9.80. The molecule has 1 saturated carbocycles. The summed E-state index contributed by atoms with van der Waals surface area (Å²) < 4.78 is 6.84. The van der Waals surface area contributed by atoms with Crippen molar-refractivity contribution in [2.45, 2.75) is 45.3 Å². The van der Waals surface area contributed by atoms with Gasteiger partial charge in [-0.05, 0) is 66.6 Å². The van der Waals surface area contributed by atoms with Crippen LogP contribution in [0.2, 0.25) is 0 Å². The predicted octanol–water partition coefficient (Wildman–Crippen LogP) is 3.64. The van der Waals surface area contributed by atoms with Gasteiger partial charge in [-0.3, -0.25) is 9.78 Å². The summed E-state index contributed by atoms with van der Waals surface area (Å²) in [5.74, 6) is -0.358. The van der Waals surface area contributed by atoms with Gasteiger partial charge in [-0.2, -0.15) is 0 Å². The van der Waals surface area contributed by atoms with E-state index in [0.717, 1.165) is 35.8 Å². The van der Waals surface area contributed by atoms with Gasteiger partial charge in [0.05, 0.1) is 24.3 Å². The molecule has 0 aliphatic heterocycles. The SMILES string of the molecule is CC(OCc1ccc(Br)cn1)C1CCC(C(=O)O)CC1. The first-order valence-electron chi connectivity index (χ1n) is 7.01. The monoisotopic (exact) mass is 341 g/mol. The van der Waals surface area contributed by atoms with Gasteiger partial charge < -0.3 is 9.84 Å². The Bertz CT molecular complexity index is 441. The maximum Gasteiger partial charge on any atom is 0.306 e. The molecular weight excluding hydrogens is 322 g/mol. The van der Waals surface area contributed by atoms with Gasteiger partial charge in [0.1, 0.15) is 0 Å². The van der Waals surface area contributed by atoms with Crippen LogP contribution >= 0.6 is 15.9 Å². The van der Waals surface area contributed by atoms with Crippen molar-refractivity contribution < 1.29 is 14.6 Å². The summed E-state index contributed by atoms with van der Waals surface area (Å²) in [4.78, 5) is 15.2. The van der Waals surface area contributed by atoms with Crippen LogP contribution in [-0.2, 0) is 16.1 Å². The summed E-state index contributed by atoms with van der Waals surface area (Å²) in [7, 11) is 0. The lowest BCUT2D eigenvalue weighted by molar-refractivity contribution is -0.143. The molecule has 0 spiro atoms. The Morgan fingerprint density at radius 2 is 2.15 bits per heavy atom. The van der Waals surface area contributed by atoms with Gasteiger partial charge in [-0.15, -0.1) is 0 Å². The van der Waals surface area contributed by atoms with Crippen molar-refractivity contribution in [3.8, 4) is 0 Å². The van der Waals surface area contributed by atoms with Crippen LogP contribution in [0.4, 0.5) is 0 Å². The van der Waals surface area contributed by atoms with Gasteiger partial charge in [0.25, 0.3) is 0 Å². The quantitative estimate of drug-likeness (QED) is 0.888. The summed E-state index contributed by atoms with van der Waals surface area (Å²) in [6.45, 7) is 2.58. The molecule has 20 heavy (non-hydrogen) atoms. The molecule has 1 aromatic rings. The lowest BCUT2D eigenvalue weighted by Crippen LogP contribution is -2.28.